The molecule has 0 bridgehead atoms. The van der Waals surface area contributed by atoms with Crippen molar-refractivity contribution in [3.8, 4) is 5.75 Å². The van der Waals surface area contributed by atoms with E-state index in [-0.39, 0.29) is 24.1 Å². The Bertz CT molecular complexity index is 994. The molecule has 0 saturated heterocycles. The number of pyridine rings is 1. The van der Waals surface area contributed by atoms with Gasteiger partial charge in [-0.1, -0.05) is 23.7 Å². The van der Waals surface area contributed by atoms with Gasteiger partial charge in [-0.3, -0.25) is 9.59 Å². The van der Waals surface area contributed by atoms with E-state index in [4.69, 9.17) is 16.7 Å². The van der Waals surface area contributed by atoms with E-state index in [1.165, 1.54) is 4.57 Å². The Morgan fingerprint density at radius 2 is 1.96 bits per heavy atom. The van der Waals surface area contributed by atoms with E-state index < -0.39 is 5.97 Å². The predicted octanol–water partition coefficient (Wildman–Crippen LogP) is 3.04. The van der Waals surface area contributed by atoms with Crippen LogP contribution in [0.1, 0.15) is 11.1 Å². The second-order valence-electron chi connectivity index (χ2n) is 5.51. The van der Waals surface area contributed by atoms with Gasteiger partial charge in [-0.25, -0.2) is 0 Å². The second kappa shape index (κ2) is 6.37. The summed E-state index contributed by atoms with van der Waals surface area (Å²) in [5.74, 6) is -0.889. The molecule has 0 aliphatic heterocycles. The molecule has 2 aromatic carbocycles. The lowest BCUT2D eigenvalue weighted by Crippen LogP contribution is -2.18. The number of halogens is 1. The molecule has 0 spiro atoms. The van der Waals surface area contributed by atoms with Crippen LogP contribution in [-0.4, -0.2) is 20.7 Å². The third-order valence-corrected chi connectivity index (χ3v) is 3.96. The lowest BCUT2D eigenvalue weighted by Gasteiger charge is -2.12. The molecule has 3 aromatic rings. The van der Waals surface area contributed by atoms with E-state index >= 15 is 0 Å². The molecule has 5 nitrogen and oxygen atoms in total. The van der Waals surface area contributed by atoms with E-state index in [0.717, 1.165) is 5.56 Å². The molecule has 1 aromatic heterocycles. The number of carbonyl (C=O) groups is 1. The molecule has 6 heteroatoms. The van der Waals surface area contributed by atoms with Gasteiger partial charge < -0.3 is 14.8 Å². The topological polar surface area (TPSA) is 79.5 Å². The maximum atomic E-state index is 12.7. The van der Waals surface area contributed by atoms with Crippen molar-refractivity contribution >= 4 is 28.5 Å². The Kier molecular flexibility index (Phi) is 4.27. The van der Waals surface area contributed by atoms with Crippen molar-refractivity contribution < 1.29 is 15.0 Å². The number of hydrogen-bond acceptors (Lipinski definition) is 3. The molecule has 0 aliphatic rings. The molecule has 2 N–H and O–H groups in total. The van der Waals surface area contributed by atoms with Gasteiger partial charge in [-0.05, 0) is 35.9 Å². The smallest absolute Gasteiger partial charge is 0.323 e. The lowest BCUT2D eigenvalue weighted by atomic mass is 10.0. The van der Waals surface area contributed by atoms with Crippen LogP contribution in [0.4, 0.5) is 0 Å². The van der Waals surface area contributed by atoms with Gasteiger partial charge in [0.2, 0.25) is 0 Å². The first-order chi connectivity index (χ1) is 11.4. The summed E-state index contributed by atoms with van der Waals surface area (Å²) in [5.41, 5.74) is 1.52. The first kappa shape index (κ1) is 16.1. The summed E-state index contributed by atoms with van der Waals surface area (Å²) in [6.45, 7) is -0.258. The maximum Gasteiger partial charge on any atom is 0.323 e. The molecule has 0 unspecified atom stereocenters. The summed E-state index contributed by atoms with van der Waals surface area (Å²) < 4.78 is 1.52. The lowest BCUT2D eigenvalue weighted by molar-refractivity contribution is -0.137. The molecule has 0 fully saturated rings. The van der Waals surface area contributed by atoms with E-state index in [9.17, 15) is 14.7 Å². The molecule has 1 heterocycles. The summed E-state index contributed by atoms with van der Waals surface area (Å²) >= 11 is 5.98. The molecule has 0 saturated carbocycles. The van der Waals surface area contributed by atoms with Crippen LogP contribution in [0.5, 0.6) is 5.75 Å². The molecule has 122 valence electrons. The van der Waals surface area contributed by atoms with E-state index in [0.29, 0.717) is 21.5 Å². The average molecular weight is 344 g/mol. The second-order valence-corrected chi connectivity index (χ2v) is 5.95. The molecule has 3 rings (SSSR count). The Hall–Kier alpha value is -2.79. The fourth-order valence-electron chi connectivity index (χ4n) is 2.72. The zero-order chi connectivity index (χ0) is 17.3. The molecule has 0 radical (unpaired) electrons. The minimum absolute atomic E-state index is 0.113. The molecule has 0 aliphatic carbocycles. The van der Waals surface area contributed by atoms with Gasteiger partial charge >= 0.3 is 5.97 Å². The Morgan fingerprint density at radius 1 is 1.17 bits per heavy atom. The quantitative estimate of drug-likeness (QED) is 0.763. The highest BCUT2D eigenvalue weighted by Gasteiger charge is 2.12. The number of benzene rings is 2. The number of fused-ring (bicyclic) bond motifs is 1. The van der Waals surface area contributed by atoms with Crippen LogP contribution in [0.15, 0.2) is 53.5 Å². The number of aliphatic carboxylic acids is 1. The Morgan fingerprint density at radius 3 is 2.67 bits per heavy atom. The summed E-state index contributed by atoms with van der Waals surface area (Å²) in [7, 11) is 0. The number of phenols is 1. The summed E-state index contributed by atoms with van der Waals surface area (Å²) in [6.07, 6.45) is 1.84. The van der Waals surface area contributed by atoms with Gasteiger partial charge in [0.25, 0.3) is 0 Å². The number of aromatic nitrogens is 1. The standard InChI is InChI=1S/C18H14ClNO4/c19-13-4-5-16-15(8-13)18(24)12(9-20(16)10-17(22)23)6-11-2-1-3-14(21)7-11/h1-5,7-9,21H,6,10H2,(H,22,23). The summed E-state index contributed by atoms with van der Waals surface area (Å²) in [4.78, 5) is 23.8. The third kappa shape index (κ3) is 3.26. The van der Waals surface area contributed by atoms with Crippen LogP contribution in [-0.2, 0) is 17.8 Å². The number of phenolic OH excluding ortho intramolecular Hbond substituents is 1. The zero-order valence-electron chi connectivity index (χ0n) is 12.6. The monoisotopic (exact) mass is 343 g/mol. The molecular formula is C18H14ClNO4. The number of aromatic hydroxyl groups is 1. The van der Waals surface area contributed by atoms with Crippen molar-refractivity contribution in [3.63, 3.8) is 0 Å². The molecule has 0 amide bonds. The van der Waals surface area contributed by atoms with Gasteiger partial charge in [0.05, 0.1) is 5.52 Å². The Labute approximate surface area is 142 Å². The van der Waals surface area contributed by atoms with Crippen molar-refractivity contribution in [1.82, 2.24) is 4.57 Å². The Balaban J connectivity index is 2.18. The first-order valence-corrected chi connectivity index (χ1v) is 7.63. The predicted molar refractivity (Wildman–Crippen MR) is 91.8 cm³/mol. The third-order valence-electron chi connectivity index (χ3n) is 3.73. The fourth-order valence-corrected chi connectivity index (χ4v) is 2.89. The number of hydrogen-bond donors (Lipinski definition) is 2. The van der Waals surface area contributed by atoms with Gasteiger partial charge in [0, 0.05) is 28.6 Å². The highest BCUT2D eigenvalue weighted by atomic mass is 35.5. The molecule has 0 atom stereocenters. The van der Waals surface area contributed by atoms with Gasteiger partial charge in [-0.2, -0.15) is 0 Å². The van der Waals surface area contributed by atoms with Crippen LogP contribution < -0.4 is 5.43 Å². The average Bonchev–Trinajstić information content (AvgIpc) is 2.51. The van der Waals surface area contributed by atoms with E-state index in [1.807, 2.05) is 0 Å². The van der Waals surface area contributed by atoms with Crippen molar-refractivity contribution in [2.75, 3.05) is 0 Å². The van der Waals surface area contributed by atoms with E-state index in [1.54, 1.807) is 48.7 Å². The van der Waals surface area contributed by atoms with Crippen molar-refractivity contribution in [3.05, 3.63) is 75.0 Å². The SMILES string of the molecule is O=C(O)Cn1cc(Cc2cccc(O)c2)c(=O)c2cc(Cl)ccc21. The number of carboxylic acid groups (broad SMARTS) is 1. The van der Waals surface area contributed by atoms with Crippen LogP contribution in [0.2, 0.25) is 5.02 Å². The van der Waals surface area contributed by atoms with Crippen molar-refractivity contribution in [2.24, 2.45) is 0 Å². The molecular weight excluding hydrogens is 330 g/mol. The number of carboxylic acids is 1. The highest BCUT2D eigenvalue weighted by Crippen LogP contribution is 2.20. The fraction of sp³-hybridized carbons (Fsp3) is 0.111. The normalized spacial score (nSPS) is 10.9. The van der Waals surface area contributed by atoms with E-state index in [2.05, 4.69) is 0 Å². The summed E-state index contributed by atoms with van der Waals surface area (Å²) in [5, 5.41) is 19.5. The van der Waals surface area contributed by atoms with Crippen LogP contribution >= 0.6 is 11.6 Å². The van der Waals surface area contributed by atoms with Crippen LogP contribution in [0.3, 0.4) is 0 Å². The largest absolute Gasteiger partial charge is 0.508 e. The van der Waals surface area contributed by atoms with Crippen LogP contribution in [0.25, 0.3) is 10.9 Å². The van der Waals surface area contributed by atoms with Crippen molar-refractivity contribution in [1.29, 1.82) is 0 Å². The first-order valence-electron chi connectivity index (χ1n) is 7.25. The maximum absolute atomic E-state index is 12.7. The number of nitrogens with zero attached hydrogens (tertiary/aromatic N) is 1. The van der Waals surface area contributed by atoms with Gasteiger partial charge in [0.15, 0.2) is 5.43 Å². The van der Waals surface area contributed by atoms with Gasteiger partial charge in [-0.15, -0.1) is 0 Å². The molecule has 24 heavy (non-hydrogen) atoms. The number of rotatable bonds is 4. The zero-order valence-corrected chi connectivity index (χ0v) is 13.3. The van der Waals surface area contributed by atoms with Crippen LogP contribution in [0, 0.1) is 0 Å². The minimum Gasteiger partial charge on any atom is -0.508 e. The summed E-state index contributed by atoms with van der Waals surface area (Å²) in [6, 6.07) is 11.4. The minimum atomic E-state index is -1.00. The highest BCUT2D eigenvalue weighted by molar-refractivity contribution is 6.31. The van der Waals surface area contributed by atoms with Crippen molar-refractivity contribution in [2.45, 2.75) is 13.0 Å². The van der Waals surface area contributed by atoms with Gasteiger partial charge in [0.1, 0.15) is 12.3 Å².